The monoisotopic (exact) mass is 298 g/mol. The SMILES string of the molecule is ON=Cc1c(OCCN2CCCCC2)ccc2ccccc12. The minimum absolute atomic E-state index is 0.657. The Morgan fingerprint density at radius 1 is 1.09 bits per heavy atom. The van der Waals surface area contributed by atoms with E-state index in [2.05, 4.69) is 10.1 Å². The fraction of sp³-hybridized carbons (Fsp3) is 0.389. The van der Waals surface area contributed by atoms with Gasteiger partial charge in [-0.05, 0) is 42.8 Å². The van der Waals surface area contributed by atoms with E-state index < -0.39 is 0 Å². The van der Waals surface area contributed by atoms with Crippen molar-refractivity contribution in [3.63, 3.8) is 0 Å². The summed E-state index contributed by atoms with van der Waals surface area (Å²) in [5, 5.41) is 14.3. The van der Waals surface area contributed by atoms with Crippen molar-refractivity contribution in [2.45, 2.75) is 19.3 Å². The molecule has 0 saturated carbocycles. The van der Waals surface area contributed by atoms with Crippen LogP contribution in [0.3, 0.4) is 0 Å². The highest BCUT2D eigenvalue weighted by Gasteiger charge is 2.11. The lowest BCUT2D eigenvalue weighted by Crippen LogP contribution is -2.33. The molecule has 1 heterocycles. The van der Waals surface area contributed by atoms with Gasteiger partial charge in [-0.3, -0.25) is 4.90 Å². The molecule has 0 bridgehead atoms. The number of piperidine rings is 1. The van der Waals surface area contributed by atoms with E-state index in [0.29, 0.717) is 6.61 Å². The van der Waals surface area contributed by atoms with E-state index in [-0.39, 0.29) is 0 Å². The minimum Gasteiger partial charge on any atom is -0.492 e. The Balaban J connectivity index is 1.73. The maximum atomic E-state index is 8.94. The normalized spacial score (nSPS) is 16.4. The number of hydrogen-bond donors (Lipinski definition) is 1. The number of benzene rings is 2. The molecule has 3 rings (SSSR count). The molecule has 22 heavy (non-hydrogen) atoms. The lowest BCUT2D eigenvalue weighted by Gasteiger charge is -2.26. The van der Waals surface area contributed by atoms with Crippen LogP contribution in [0.15, 0.2) is 41.6 Å². The maximum absolute atomic E-state index is 8.94. The summed E-state index contributed by atoms with van der Waals surface area (Å²) < 4.78 is 5.96. The van der Waals surface area contributed by atoms with Crippen molar-refractivity contribution >= 4 is 17.0 Å². The van der Waals surface area contributed by atoms with Gasteiger partial charge in [0.25, 0.3) is 0 Å². The molecule has 0 unspecified atom stereocenters. The molecule has 2 aromatic rings. The topological polar surface area (TPSA) is 45.1 Å². The van der Waals surface area contributed by atoms with Crippen LogP contribution in [0.5, 0.6) is 5.75 Å². The molecule has 1 aliphatic heterocycles. The highest BCUT2D eigenvalue weighted by molar-refractivity contribution is 6.02. The molecule has 2 aromatic carbocycles. The van der Waals surface area contributed by atoms with Crippen molar-refractivity contribution in [3.8, 4) is 5.75 Å². The van der Waals surface area contributed by atoms with E-state index in [1.54, 1.807) is 0 Å². The standard InChI is InChI=1S/C18H22N2O2/c21-19-14-17-16-7-3-2-6-15(16)8-9-18(17)22-13-12-20-10-4-1-5-11-20/h2-3,6-9,14,21H,1,4-5,10-13H2. The summed E-state index contributed by atoms with van der Waals surface area (Å²) in [5.74, 6) is 0.772. The summed E-state index contributed by atoms with van der Waals surface area (Å²) >= 11 is 0. The molecule has 1 saturated heterocycles. The average Bonchev–Trinajstić information content (AvgIpc) is 2.58. The quantitative estimate of drug-likeness (QED) is 0.522. The van der Waals surface area contributed by atoms with Gasteiger partial charge in [0.2, 0.25) is 0 Å². The lowest BCUT2D eigenvalue weighted by atomic mass is 10.0. The smallest absolute Gasteiger partial charge is 0.128 e. The van der Waals surface area contributed by atoms with E-state index in [0.717, 1.165) is 28.6 Å². The number of hydrogen-bond acceptors (Lipinski definition) is 4. The van der Waals surface area contributed by atoms with Crippen LogP contribution in [0.1, 0.15) is 24.8 Å². The highest BCUT2D eigenvalue weighted by Crippen LogP contribution is 2.26. The summed E-state index contributed by atoms with van der Waals surface area (Å²) in [6.07, 6.45) is 5.38. The van der Waals surface area contributed by atoms with E-state index in [1.807, 2.05) is 36.4 Å². The van der Waals surface area contributed by atoms with E-state index in [4.69, 9.17) is 9.94 Å². The molecule has 0 spiro atoms. The van der Waals surface area contributed by atoms with Gasteiger partial charge in [-0.2, -0.15) is 0 Å². The first kappa shape index (κ1) is 14.9. The Bertz CT molecular complexity index is 649. The molecule has 0 amide bonds. The number of likely N-dealkylation sites (tertiary alicyclic amines) is 1. The molecule has 0 aliphatic carbocycles. The zero-order valence-corrected chi connectivity index (χ0v) is 12.7. The number of rotatable bonds is 5. The summed E-state index contributed by atoms with van der Waals surface area (Å²) in [4.78, 5) is 2.45. The van der Waals surface area contributed by atoms with Gasteiger partial charge in [-0.15, -0.1) is 0 Å². The van der Waals surface area contributed by atoms with Gasteiger partial charge in [-0.1, -0.05) is 41.9 Å². The maximum Gasteiger partial charge on any atom is 0.128 e. The number of nitrogens with zero attached hydrogens (tertiary/aromatic N) is 2. The third kappa shape index (κ3) is 3.39. The Labute approximate surface area is 131 Å². The van der Waals surface area contributed by atoms with Crippen molar-refractivity contribution in [1.29, 1.82) is 0 Å². The predicted octanol–water partition coefficient (Wildman–Crippen LogP) is 3.51. The minimum atomic E-state index is 0.657. The molecule has 4 nitrogen and oxygen atoms in total. The molecule has 0 atom stereocenters. The fourth-order valence-electron chi connectivity index (χ4n) is 3.06. The molecule has 116 valence electrons. The van der Waals surface area contributed by atoms with E-state index in [1.165, 1.54) is 38.6 Å². The van der Waals surface area contributed by atoms with Crippen LogP contribution in [0.2, 0.25) is 0 Å². The molecule has 0 radical (unpaired) electrons. The molecule has 0 aromatic heterocycles. The summed E-state index contributed by atoms with van der Waals surface area (Å²) in [6, 6.07) is 12.0. The van der Waals surface area contributed by atoms with Gasteiger partial charge in [0, 0.05) is 12.1 Å². The largest absolute Gasteiger partial charge is 0.492 e. The molecular weight excluding hydrogens is 276 g/mol. The first-order chi connectivity index (χ1) is 10.9. The van der Waals surface area contributed by atoms with Crippen molar-refractivity contribution < 1.29 is 9.94 Å². The Morgan fingerprint density at radius 2 is 1.91 bits per heavy atom. The zero-order valence-electron chi connectivity index (χ0n) is 12.7. The third-order valence-electron chi connectivity index (χ3n) is 4.23. The summed E-state index contributed by atoms with van der Waals surface area (Å²) in [6.45, 7) is 3.95. The van der Waals surface area contributed by atoms with Gasteiger partial charge in [-0.25, -0.2) is 0 Å². The van der Waals surface area contributed by atoms with Gasteiger partial charge < -0.3 is 9.94 Å². The first-order valence-corrected chi connectivity index (χ1v) is 7.93. The zero-order chi connectivity index (χ0) is 15.2. The summed E-state index contributed by atoms with van der Waals surface area (Å²) in [7, 11) is 0. The third-order valence-corrected chi connectivity index (χ3v) is 4.23. The van der Waals surface area contributed by atoms with Gasteiger partial charge in [0.15, 0.2) is 0 Å². The van der Waals surface area contributed by atoms with Crippen LogP contribution in [0.4, 0.5) is 0 Å². The van der Waals surface area contributed by atoms with Crippen LogP contribution < -0.4 is 4.74 Å². The molecule has 1 aliphatic rings. The van der Waals surface area contributed by atoms with E-state index in [9.17, 15) is 0 Å². The molecular formula is C18H22N2O2. The second kappa shape index (κ2) is 7.27. The lowest BCUT2D eigenvalue weighted by molar-refractivity contribution is 0.183. The number of oxime groups is 1. The Morgan fingerprint density at radius 3 is 2.73 bits per heavy atom. The fourth-order valence-corrected chi connectivity index (χ4v) is 3.06. The van der Waals surface area contributed by atoms with Crippen molar-refractivity contribution in [2.75, 3.05) is 26.2 Å². The van der Waals surface area contributed by atoms with Gasteiger partial charge >= 0.3 is 0 Å². The van der Waals surface area contributed by atoms with Crippen LogP contribution in [-0.4, -0.2) is 42.6 Å². The van der Waals surface area contributed by atoms with Crippen molar-refractivity contribution in [1.82, 2.24) is 4.90 Å². The molecule has 1 N–H and O–H groups in total. The summed E-state index contributed by atoms with van der Waals surface area (Å²) in [5.41, 5.74) is 0.833. The first-order valence-electron chi connectivity index (χ1n) is 7.93. The Kier molecular flexibility index (Phi) is 4.91. The van der Waals surface area contributed by atoms with Crippen LogP contribution in [0, 0.1) is 0 Å². The van der Waals surface area contributed by atoms with Gasteiger partial charge in [0.05, 0.1) is 6.21 Å². The molecule has 1 fully saturated rings. The predicted molar refractivity (Wildman–Crippen MR) is 89.1 cm³/mol. The van der Waals surface area contributed by atoms with Crippen LogP contribution in [-0.2, 0) is 0 Å². The van der Waals surface area contributed by atoms with E-state index >= 15 is 0 Å². The van der Waals surface area contributed by atoms with Crippen molar-refractivity contribution in [3.05, 3.63) is 42.0 Å². The van der Waals surface area contributed by atoms with Crippen LogP contribution >= 0.6 is 0 Å². The van der Waals surface area contributed by atoms with Crippen molar-refractivity contribution in [2.24, 2.45) is 5.16 Å². The van der Waals surface area contributed by atoms with Crippen LogP contribution in [0.25, 0.3) is 10.8 Å². The second-order valence-electron chi connectivity index (χ2n) is 5.69. The molecule has 4 heteroatoms. The highest BCUT2D eigenvalue weighted by atomic mass is 16.5. The Hall–Kier alpha value is -2.07. The number of fused-ring (bicyclic) bond motifs is 1. The second-order valence-corrected chi connectivity index (χ2v) is 5.69. The average molecular weight is 298 g/mol. The van der Waals surface area contributed by atoms with Gasteiger partial charge in [0.1, 0.15) is 12.4 Å². The number of ether oxygens (including phenoxy) is 1.